The number of carbonyl (C=O) groups is 1. The molecular weight excluding hydrogens is 232 g/mol. The topological polar surface area (TPSA) is 55.1 Å². The number of carbonyl (C=O) groups excluding carboxylic acids is 1. The molecule has 1 saturated carbocycles. The molecule has 4 heteroatoms. The van der Waals surface area contributed by atoms with E-state index in [0.717, 1.165) is 25.2 Å². The number of thiocarbonyl (C=S) groups is 1. The highest BCUT2D eigenvalue weighted by Gasteiger charge is 2.25. The minimum atomic E-state index is 0.111. The van der Waals surface area contributed by atoms with Gasteiger partial charge in [-0.15, -0.1) is 0 Å². The summed E-state index contributed by atoms with van der Waals surface area (Å²) in [5.74, 6) is 1.17. The third kappa shape index (κ3) is 5.02. The molecule has 1 amide bonds. The molecule has 1 fully saturated rings. The van der Waals surface area contributed by atoms with Crippen molar-refractivity contribution in [1.82, 2.24) is 5.32 Å². The van der Waals surface area contributed by atoms with Gasteiger partial charge in [0.1, 0.15) is 0 Å². The SMILES string of the molecule is CCC(CC(N)=S)NC(=O)C1CCC(C)CC1. The van der Waals surface area contributed by atoms with Gasteiger partial charge in [0.15, 0.2) is 0 Å². The normalized spacial score (nSPS) is 26.2. The van der Waals surface area contributed by atoms with Gasteiger partial charge in [0.2, 0.25) is 5.91 Å². The van der Waals surface area contributed by atoms with E-state index in [0.29, 0.717) is 11.4 Å². The van der Waals surface area contributed by atoms with Crippen LogP contribution in [0, 0.1) is 11.8 Å². The minimum absolute atomic E-state index is 0.111. The first-order chi connectivity index (χ1) is 8.02. The molecule has 0 aromatic carbocycles. The van der Waals surface area contributed by atoms with Crippen LogP contribution in [0.4, 0.5) is 0 Å². The monoisotopic (exact) mass is 256 g/mol. The van der Waals surface area contributed by atoms with Crippen LogP contribution in [0.3, 0.4) is 0 Å². The van der Waals surface area contributed by atoms with Crippen LogP contribution in [0.25, 0.3) is 0 Å². The van der Waals surface area contributed by atoms with Gasteiger partial charge in [-0.1, -0.05) is 26.1 Å². The van der Waals surface area contributed by atoms with Gasteiger partial charge < -0.3 is 11.1 Å². The van der Waals surface area contributed by atoms with E-state index in [-0.39, 0.29) is 17.9 Å². The molecule has 1 rings (SSSR count). The molecule has 98 valence electrons. The lowest BCUT2D eigenvalue weighted by Gasteiger charge is -2.27. The van der Waals surface area contributed by atoms with E-state index in [9.17, 15) is 4.79 Å². The van der Waals surface area contributed by atoms with Crippen LogP contribution < -0.4 is 11.1 Å². The number of rotatable bonds is 5. The molecule has 0 bridgehead atoms. The molecule has 0 radical (unpaired) electrons. The summed E-state index contributed by atoms with van der Waals surface area (Å²) >= 11 is 4.89. The Hall–Kier alpha value is -0.640. The molecule has 1 unspecified atom stereocenters. The fraction of sp³-hybridized carbons (Fsp3) is 0.846. The van der Waals surface area contributed by atoms with Gasteiger partial charge in [-0.2, -0.15) is 0 Å². The van der Waals surface area contributed by atoms with Gasteiger partial charge in [-0.25, -0.2) is 0 Å². The zero-order valence-corrected chi connectivity index (χ0v) is 11.7. The van der Waals surface area contributed by atoms with Crippen molar-refractivity contribution in [2.24, 2.45) is 17.6 Å². The molecule has 0 aromatic rings. The van der Waals surface area contributed by atoms with E-state index in [2.05, 4.69) is 12.2 Å². The smallest absolute Gasteiger partial charge is 0.223 e. The summed E-state index contributed by atoms with van der Waals surface area (Å²) in [6, 6.07) is 0.111. The van der Waals surface area contributed by atoms with Crippen molar-refractivity contribution in [2.75, 3.05) is 0 Å². The van der Waals surface area contributed by atoms with Crippen LogP contribution in [0.2, 0.25) is 0 Å². The number of nitrogens with two attached hydrogens (primary N) is 1. The average Bonchev–Trinajstić information content (AvgIpc) is 2.28. The molecule has 1 aliphatic carbocycles. The van der Waals surface area contributed by atoms with Crippen LogP contribution in [0.5, 0.6) is 0 Å². The van der Waals surface area contributed by atoms with Crippen molar-refractivity contribution in [3.8, 4) is 0 Å². The van der Waals surface area contributed by atoms with Gasteiger partial charge in [0.05, 0.1) is 4.99 Å². The predicted molar refractivity (Wildman–Crippen MR) is 74.7 cm³/mol. The van der Waals surface area contributed by atoms with Crippen molar-refractivity contribution < 1.29 is 4.79 Å². The van der Waals surface area contributed by atoms with Crippen molar-refractivity contribution in [2.45, 2.75) is 58.4 Å². The summed E-state index contributed by atoms with van der Waals surface area (Å²) in [6.07, 6.45) is 5.88. The lowest BCUT2D eigenvalue weighted by Crippen LogP contribution is -2.41. The number of amides is 1. The molecule has 1 aliphatic rings. The largest absolute Gasteiger partial charge is 0.393 e. The van der Waals surface area contributed by atoms with Crippen LogP contribution in [0.1, 0.15) is 52.4 Å². The lowest BCUT2D eigenvalue weighted by atomic mass is 9.82. The van der Waals surface area contributed by atoms with Gasteiger partial charge in [0, 0.05) is 18.4 Å². The number of nitrogens with one attached hydrogen (secondary N) is 1. The van der Waals surface area contributed by atoms with Gasteiger partial charge in [-0.05, 0) is 38.0 Å². The minimum Gasteiger partial charge on any atom is -0.393 e. The summed E-state index contributed by atoms with van der Waals surface area (Å²) in [5, 5.41) is 3.08. The fourth-order valence-electron chi connectivity index (χ4n) is 2.38. The summed E-state index contributed by atoms with van der Waals surface area (Å²) in [7, 11) is 0. The summed E-state index contributed by atoms with van der Waals surface area (Å²) in [4.78, 5) is 12.5. The third-order valence-corrected chi connectivity index (χ3v) is 3.84. The zero-order chi connectivity index (χ0) is 12.8. The predicted octanol–water partition coefficient (Wildman–Crippen LogP) is 2.38. The first kappa shape index (κ1) is 14.4. The lowest BCUT2D eigenvalue weighted by molar-refractivity contribution is -0.126. The molecule has 17 heavy (non-hydrogen) atoms. The van der Waals surface area contributed by atoms with E-state index in [1.165, 1.54) is 12.8 Å². The Morgan fingerprint density at radius 3 is 2.47 bits per heavy atom. The molecule has 1 atom stereocenters. The van der Waals surface area contributed by atoms with E-state index < -0.39 is 0 Å². The maximum absolute atomic E-state index is 12.1. The summed E-state index contributed by atoms with van der Waals surface area (Å²) in [5.41, 5.74) is 5.52. The number of hydrogen-bond donors (Lipinski definition) is 2. The van der Waals surface area contributed by atoms with Crippen LogP contribution in [-0.2, 0) is 4.79 Å². The van der Waals surface area contributed by atoms with E-state index in [1.807, 2.05) is 6.92 Å². The average molecular weight is 256 g/mol. The van der Waals surface area contributed by atoms with Crippen molar-refractivity contribution in [3.63, 3.8) is 0 Å². The fourth-order valence-corrected chi connectivity index (χ4v) is 2.58. The van der Waals surface area contributed by atoms with Crippen molar-refractivity contribution >= 4 is 23.1 Å². The molecular formula is C13H24N2OS. The van der Waals surface area contributed by atoms with Gasteiger partial charge in [-0.3, -0.25) is 4.79 Å². The molecule has 3 N–H and O–H groups in total. The number of hydrogen-bond acceptors (Lipinski definition) is 2. The molecule has 0 aliphatic heterocycles. The second-order valence-electron chi connectivity index (χ2n) is 5.24. The molecule has 0 heterocycles. The maximum atomic E-state index is 12.1. The third-order valence-electron chi connectivity index (χ3n) is 3.67. The highest BCUT2D eigenvalue weighted by molar-refractivity contribution is 7.80. The Labute approximate surface area is 110 Å². The second-order valence-corrected chi connectivity index (χ2v) is 5.77. The Kier molecular flexibility index (Phi) is 5.89. The first-order valence-electron chi connectivity index (χ1n) is 6.61. The Morgan fingerprint density at radius 1 is 1.41 bits per heavy atom. The zero-order valence-electron chi connectivity index (χ0n) is 10.9. The van der Waals surface area contributed by atoms with E-state index >= 15 is 0 Å². The molecule has 3 nitrogen and oxygen atoms in total. The van der Waals surface area contributed by atoms with E-state index in [4.69, 9.17) is 18.0 Å². The summed E-state index contributed by atoms with van der Waals surface area (Å²) < 4.78 is 0. The maximum Gasteiger partial charge on any atom is 0.223 e. The van der Waals surface area contributed by atoms with Gasteiger partial charge in [0.25, 0.3) is 0 Å². The Bertz CT molecular complexity index is 273. The highest BCUT2D eigenvalue weighted by atomic mass is 32.1. The molecule has 0 spiro atoms. The standard InChI is InChI=1S/C13H24N2OS/c1-3-11(8-12(14)17)15-13(16)10-6-4-9(2)5-7-10/h9-11H,3-8H2,1-2H3,(H2,14,17)(H,15,16). The first-order valence-corrected chi connectivity index (χ1v) is 7.02. The van der Waals surface area contributed by atoms with Crippen molar-refractivity contribution in [3.05, 3.63) is 0 Å². The van der Waals surface area contributed by atoms with Gasteiger partial charge >= 0.3 is 0 Å². The van der Waals surface area contributed by atoms with Crippen LogP contribution in [0.15, 0.2) is 0 Å². The molecule has 0 saturated heterocycles. The quantitative estimate of drug-likeness (QED) is 0.743. The van der Waals surface area contributed by atoms with Crippen LogP contribution in [-0.4, -0.2) is 16.9 Å². The van der Waals surface area contributed by atoms with Crippen molar-refractivity contribution in [1.29, 1.82) is 0 Å². The Balaban J connectivity index is 2.39. The van der Waals surface area contributed by atoms with E-state index in [1.54, 1.807) is 0 Å². The Morgan fingerprint density at radius 2 is 2.00 bits per heavy atom. The summed E-state index contributed by atoms with van der Waals surface area (Å²) in [6.45, 7) is 4.31. The second kappa shape index (κ2) is 6.94. The van der Waals surface area contributed by atoms with Crippen LogP contribution >= 0.6 is 12.2 Å². The molecule has 0 aromatic heterocycles. The highest BCUT2D eigenvalue weighted by Crippen LogP contribution is 2.28.